The maximum absolute atomic E-state index is 5.95. The van der Waals surface area contributed by atoms with Gasteiger partial charge in [0.05, 0.1) is 18.4 Å². The van der Waals surface area contributed by atoms with Crippen molar-refractivity contribution in [3.8, 4) is 11.1 Å². The van der Waals surface area contributed by atoms with Crippen LogP contribution in [0.25, 0.3) is 22.2 Å². The van der Waals surface area contributed by atoms with E-state index in [0.717, 1.165) is 22.2 Å². The first-order valence-electron chi connectivity index (χ1n) is 7.40. The van der Waals surface area contributed by atoms with Crippen molar-refractivity contribution in [3.05, 3.63) is 30.9 Å². The summed E-state index contributed by atoms with van der Waals surface area (Å²) in [4.78, 5) is 3.09. The van der Waals surface area contributed by atoms with Crippen molar-refractivity contribution in [1.29, 1.82) is 0 Å². The van der Waals surface area contributed by atoms with Gasteiger partial charge in [0, 0.05) is 35.5 Å². The van der Waals surface area contributed by atoms with Crippen molar-refractivity contribution < 1.29 is 0 Å². The minimum atomic E-state index is 0.309. The van der Waals surface area contributed by atoms with Gasteiger partial charge in [-0.1, -0.05) is 6.42 Å². The summed E-state index contributed by atoms with van der Waals surface area (Å²) in [5, 5.41) is 13.7. The van der Waals surface area contributed by atoms with E-state index in [0.29, 0.717) is 18.5 Å². The minimum absolute atomic E-state index is 0.309. The van der Waals surface area contributed by atoms with Crippen molar-refractivity contribution in [3.63, 3.8) is 0 Å². The summed E-state index contributed by atoms with van der Waals surface area (Å²) in [5.74, 6) is 0.672. The molecule has 3 aromatic rings. The third-order valence-corrected chi connectivity index (χ3v) is 4.55. The van der Waals surface area contributed by atoms with Gasteiger partial charge in [-0.2, -0.15) is 10.2 Å². The summed E-state index contributed by atoms with van der Waals surface area (Å²) in [7, 11) is 0. The Bertz CT molecular complexity index is 754. The lowest BCUT2D eigenvalue weighted by Gasteiger charge is -2.33. The van der Waals surface area contributed by atoms with Crippen molar-refractivity contribution >= 4 is 11.0 Å². The molecule has 1 saturated carbocycles. The third kappa shape index (κ3) is 2.03. The molecule has 0 amide bonds. The molecule has 3 heterocycles. The average molecular weight is 282 g/mol. The van der Waals surface area contributed by atoms with Crippen LogP contribution in [0.1, 0.15) is 25.3 Å². The predicted octanol–water partition coefficient (Wildman–Crippen LogP) is 2.12. The van der Waals surface area contributed by atoms with E-state index in [1.54, 1.807) is 6.20 Å². The Labute approximate surface area is 122 Å². The first-order valence-corrected chi connectivity index (χ1v) is 7.40. The molecular weight excluding hydrogens is 264 g/mol. The second-order valence-electron chi connectivity index (χ2n) is 5.70. The van der Waals surface area contributed by atoms with Crippen LogP contribution in [0, 0.1) is 5.92 Å². The first-order chi connectivity index (χ1) is 10.4. The Morgan fingerprint density at radius 3 is 3.05 bits per heavy atom. The van der Waals surface area contributed by atoms with Crippen LogP contribution in [0.4, 0.5) is 0 Å². The molecule has 1 aliphatic rings. The van der Waals surface area contributed by atoms with E-state index < -0.39 is 0 Å². The highest BCUT2D eigenvalue weighted by Crippen LogP contribution is 2.36. The molecule has 3 aromatic heterocycles. The lowest BCUT2D eigenvalue weighted by molar-refractivity contribution is 0.201. The fraction of sp³-hybridized carbons (Fsp3) is 0.400. The number of hydrogen-bond donors (Lipinski definition) is 2. The van der Waals surface area contributed by atoms with Crippen LogP contribution in [0.5, 0.6) is 0 Å². The smallest absolute Gasteiger partial charge is 0.160 e. The van der Waals surface area contributed by atoms with Crippen molar-refractivity contribution in [2.45, 2.75) is 25.3 Å². The van der Waals surface area contributed by atoms with E-state index in [-0.39, 0.29) is 0 Å². The molecule has 0 radical (unpaired) electrons. The van der Waals surface area contributed by atoms with Crippen LogP contribution >= 0.6 is 0 Å². The number of fused-ring (bicyclic) bond motifs is 1. The Morgan fingerprint density at radius 2 is 2.29 bits per heavy atom. The molecule has 0 bridgehead atoms. The summed E-state index contributed by atoms with van der Waals surface area (Å²) in [6.07, 6.45) is 11.5. The Hall–Kier alpha value is -2.21. The predicted molar refractivity (Wildman–Crippen MR) is 80.5 cm³/mol. The monoisotopic (exact) mass is 282 g/mol. The Morgan fingerprint density at radius 1 is 1.38 bits per heavy atom. The Balaban J connectivity index is 1.72. The van der Waals surface area contributed by atoms with Gasteiger partial charge in [-0.05, 0) is 24.8 Å². The van der Waals surface area contributed by atoms with Crippen LogP contribution in [0.3, 0.4) is 0 Å². The maximum Gasteiger partial charge on any atom is 0.160 e. The molecule has 1 aliphatic carbocycles. The van der Waals surface area contributed by atoms with E-state index >= 15 is 0 Å². The number of aromatic nitrogens is 5. The lowest BCUT2D eigenvalue weighted by atomic mass is 9.80. The van der Waals surface area contributed by atoms with E-state index in [1.807, 2.05) is 23.1 Å². The SMILES string of the molecule is NCC(C1CCC1)n1cc(-c2cnnc3[nH]ccc23)cn1. The molecule has 0 spiro atoms. The van der Waals surface area contributed by atoms with Gasteiger partial charge in [-0.3, -0.25) is 4.68 Å². The summed E-state index contributed by atoms with van der Waals surface area (Å²) >= 11 is 0. The van der Waals surface area contributed by atoms with E-state index in [2.05, 4.69) is 26.5 Å². The summed E-state index contributed by atoms with van der Waals surface area (Å²) in [6.45, 7) is 0.639. The molecule has 0 aliphatic heterocycles. The second-order valence-corrected chi connectivity index (χ2v) is 5.70. The fourth-order valence-electron chi connectivity index (χ4n) is 3.10. The number of nitrogens with one attached hydrogen (secondary N) is 1. The zero-order valence-electron chi connectivity index (χ0n) is 11.7. The van der Waals surface area contributed by atoms with Crippen molar-refractivity contribution in [2.24, 2.45) is 11.7 Å². The number of aromatic amines is 1. The highest BCUT2D eigenvalue weighted by atomic mass is 15.3. The van der Waals surface area contributed by atoms with Crippen LogP contribution in [-0.4, -0.2) is 31.5 Å². The summed E-state index contributed by atoms with van der Waals surface area (Å²) in [6, 6.07) is 2.33. The molecule has 6 nitrogen and oxygen atoms in total. The third-order valence-electron chi connectivity index (χ3n) is 4.55. The first kappa shape index (κ1) is 12.5. The number of nitrogens with two attached hydrogens (primary N) is 1. The molecule has 3 N–H and O–H groups in total. The number of rotatable bonds is 4. The summed E-state index contributed by atoms with van der Waals surface area (Å²) < 4.78 is 2.03. The highest BCUT2D eigenvalue weighted by molar-refractivity contribution is 5.91. The van der Waals surface area contributed by atoms with Crippen LogP contribution in [-0.2, 0) is 0 Å². The maximum atomic E-state index is 5.95. The zero-order chi connectivity index (χ0) is 14.2. The fourth-order valence-corrected chi connectivity index (χ4v) is 3.10. The Kier molecular flexibility index (Phi) is 2.96. The highest BCUT2D eigenvalue weighted by Gasteiger charge is 2.28. The summed E-state index contributed by atoms with van der Waals surface area (Å²) in [5.41, 5.74) is 8.86. The van der Waals surface area contributed by atoms with Gasteiger partial charge in [0.1, 0.15) is 0 Å². The van der Waals surface area contributed by atoms with Gasteiger partial charge in [-0.25, -0.2) is 0 Å². The van der Waals surface area contributed by atoms with Crippen LogP contribution in [0.15, 0.2) is 30.9 Å². The molecule has 0 aromatic carbocycles. The number of hydrogen-bond acceptors (Lipinski definition) is 4. The standard InChI is InChI=1S/C15H18N6/c16-6-14(10-2-1-3-10)21-9-11(7-19-21)13-8-18-20-15-12(13)4-5-17-15/h4-5,7-10,14H,1-3,6,16H2,(H,17,20). The van der Waals surface area contributed by atoms with Gasteiger partial charge in [0.2, 0.25) is 0 Å². The number of H-pyrrole nitrogens is 1. The minimum Gasteiger partial charge on any atom is -0.345 e. The van der Waals surface area contributed by atoms with Gasteiger partial charge in [0.15, 0.2) is 5.65 Å². The van der Waals surface area contributed by atoms with E-state index in [9.17, 15) is 0 Å². The number of nitrogens with zero attached hydrogens (tertiary/aromatic N) is 4. The molecule has 4 rings (SSSR count). The molecule has 108 valence electrons. The van der Waals surface area contributed by atoms with Crippen LogP contribution < -0.4 is 5.73 Å². The normalized spacial score (nSPS) is 17.0. The van der Waals surface area contributed by atoms with E-state index in [1.165, 1.54) is 19.3 Å². The second kappa shape index (κ2) is 4.96. The molecular formula is C15H18N6. The lowest BCUT2D eigenvalue weighted by Crippen LogP contribution is -2.31. The van der Waals surface area contributed by atoms with Gasteiger partial charge >= 0.3 is 0 Å². The van der Waals surface area contributed by atoms with E-state index in [4.69, 9.17) is 5.73 Å². The zero-order valence-corrected chi connectivity index (χ0v) is 11.7. The topological polar surface area (TPSA) is 85.4 Å². The largest absolute Gasteiger partial charge is 0.345 e. The molecule has 1 unspecified atom stereocenters. The van der Waals surface area contributed by atoms with Crippen molar-refractivity contribution in [2.75, 3.05) is 6.54 Å². The molecule has 6 heteroatoms. The average Bonchev–Trinajstić information content (AvgIpc) is 3.10. The molecule has 1 atom stereocenters. The van der Waals surface area contributed by atoms with Crippen molar-refractivity contribution in [1.82, 2.24) is 25.0 Å². The van der Waals surface area contributed by atoms with Crippen LogP contribution in [0.2, 0.25) is 0 Å². The molecule has 21 heavy (non-hydrogen) atoms. The quantitative estimate of drug-likeness (QED) is 0.767. The van der Waals surface area contributed by atoms with Gasteiger partial charge < -0.3 is 10.7 Å². The van der Waals surface area contributed by atoms with Gasteiger partial charge in [-0.15, -0.1) is 5.10 Å². The molecule has 0 saturated heterocycles. The van der Waals surface area contributed by atoms with Gasteiger partial charge in [0.25, 0.3) is 0 Å². The molecule has 1 fully saturated rings.